The molecule has 0 radical (unpaired) electrons. The van der Waals surface area contributed by atoms with Crippen LogP contribution in [0.5, 0.6) is 0 Å². The molecule has 1 N–H and O–H groups in total. The predicted octanol–water partition coefficient (Wildman–Crippen LogP) is 1.22. The Morgan fingerprint density at radius 1 is 1.56 bits per heavy atom. The van der Waals surface area contributed by atoms with Crippen molar-refractivity contribution >= 4 is 11.6 Å². The zero-order valence-electron chi connectivity index (χ0n) is 9.99. The molecule has 0 saturated heterocycles. The Morgan fingerprint density at radius 3 is 2.89 bits per heavy atom. The van der Waals surface area contributed by atoms with E-state index in [-0.39, 0.29) is 11.4 Å². The largest absolute Gasteiger partial charge is 0.354 e. The highest BCUT2D eigenvalue weighted by Crippen LogP contribution is 2.26. The lowest BCUT2D eigenvalue weighted by atomic mass is 10.2. The summed E-state index contributed by atoms with van der Waals surface area (Å²) in [5, 5.41) is 18.0. The molecule has 8 heteroatoms. The first-order valence-electron chi connectivity index (χ1n) is 5.37. The maximum absolute atomic E-state index is 10.9. The summed E-state index contributed by atoms with van der Waals surface area (Å²) in [4.78, 5) is 18.4. The minimum Gasteiger partial charge on any atom is -0.354 e. The van der Waals surface area contributed by atoms with Crippen LogP contribution in [0.1, 0.15) is 6.92 Å². The minimum absolute atomic E-state index is 0.157. The molecule has 0 spiro atoms. The lowest BCUT2D eigenvalue weighted by Crippen LogP contribution is -2.05. The van der Waals surface area contributed by atoms with Gasteiger partial charge >= 0.3 is 5.69 Å². The summed E-state index contributed by atoms with van der Waals surface area (Å²) >= 11 is 0. The Kier molecular flexibility index (Phi) is 3.18. The lowest BCUT2D eigenvalue weighted by Gasteiger charge is -2.03. The van der Waals surface area contributed by atoms with Crippen LogP contribution in [0.2, 0.25) is 0 Å². The van der Waals surface area contributed by atoms with Gasteiger partial charge in [-0.1, -0.05) is 0 Å². The molecule has 0 aliphatic rings. The van der Waals surface area contributed by atoms with Gasteiger partial charge < -0.3 is 5.32 Å². The van der Waals surface area contributed by atoms with Gasteiger partial charge in [-0.05, 0) is 13.0 Å². The molecule has 18 heavy (non-hydrogen) atoms. The average Bonchev–Trinajstić information content (AvgIpc) is 2.76. The van der Waals surface area contributed by atoms with Crippen molar-refractivity contribution in [3.8, 4) is 11.4 Å². The van der Waals surface area contributed by atoms with Crippen LogP contribution in [0, 0.1) is 10.1 Å². The molecule has 0 aromatic carbocycles. The van der Waals surface area contributed by atoms with E-state index in [2.05, 4.69) is 20.4 Å². The van der Waals surface area contributed by atoms with Crippen LogP contribution in [0.15, 0.2) is 18.5 Å². The van der Waals surface area contributed by atoms with Crippen molar-refractivity contribution in [3.63, 3.8) is 0 Å². The molecule has 0 bridgehead atoms. The maximum atomic E-state index is 10.9. The molecule has 2 aromatic rings. The van der Waals surface area contributed by atoms with Crippen LogP contribution >= 0.6 is 0 Å². The van der Waals surface area contributed by atoms with E-state index in [0.717, 1.165) is 0 Å². The normalized spacial score (nSPS) is 10.3. The smallest absolute Gasteiger partial charge is 0.315 e. The monoisotopic (exact) mass is 248 g/mol. The number of aryl methyl sites for hydroxylation is 1. The third-order valence-electron chi connectivity index (χ3n) is 2.26. The molecule has 0 aliphatic heterocycles. The van der Waals surface area contributed by atoms with E-state index in [4.69, 9.17) is 0 Å². The van der Waals surface area contributed by atoms with Crippen LogP contribution in [0.3, 0.4) is 0 Å². The molecule has 0 saturated carbocycles. The van der Waals surface area contributed by atoms with Crippen LogP contribution in [-0.2, 0) is 7.05 Å². The quantitative estimate of drug-likeness (QED) is 0.645. The van der Waals surface area contributed by atoms with Crippen LogP contribution in [0.25, 0.3) is 11.4 Å². The van der Waals surface area contributed by atoms with Gasteiger partial charge in [0.05, 0.1) is 4.92 Å². The topological polar surface area (TPSA) is 98.8 Å². The van der Waals surface area contributed by atoms with Gasteiger partial charge in [0.25, 0.3) is 0 Å². The summed E-state index contributed by atoms with van der Waals surface area (Å²) in [6, 6.07) is 1.67. The molecule has 0 atom stereocenters. The molecule has 94 valence electrons. The van der Waals surface area contributed by atoms with Crippen molar-refractivity contribution in [2.24, 2.45) is 7.05 Å². The van der Waals surface area contributed by atoms with E-state index in [1.807, 2.05) is 6.92 Å². The number of nitro groups is 1. The Hall–Kier alpha value is -2.51. The predicted molar refractivity (Wildman–Crippen MR) is 65.1 cm³/mol. The van der Waals surface area contributed by atoms with Crippen LogP contribution < -0.4 is 5.32 Å². The van der Waals surface area contributed by atoms with Crippen molar-refractivity contribution in [2.45, 2.75) is 6.92 Å². The molecule has 0 aliphatic carbocycles. The summed E-state index contributed by atoms with van der Waals surface area (Å²) in [7, 11) is 1.74. The van der Waals surface area contributed by atoms with Gasteiger partial charge in [-0.15, -0.1) is 0 Å². The summed E-state index contributed by atoms with van der Waals surface area (Å²) in [5.74, 6) is 0.351. The van der Waals surface area contributed by atoms with E-state index >= 15 is 0 Å². The van der Waals surface area contributed by atoms with Crippen molar-refractivity contribution < 1.29 is 4.92 Å². The molecule has 8 nitrogen and oxygen atoms in total. The van der Waals surface area contributed by atoms with Gasteiger partial charge in [0, 0.05) is 19.8 Å². The van der Waals surface area contributed by atoms with Crippen molar-refractivity contribution in [2.75, 3.05) is 11.9 Å². The first-order chi connectivity index (χ1) is 8.61. The van der Waals surface area contributed by atoms with Gasteiger partial charge in [-0.3, -0.25) is 14.8 Å². The number of anilines is 1. The number of aromatic nitrogens is 4. The second-order valence-electron chi connectivity index (χ2n) is 3.59. The van der Waals surface area contributed by atoms with Gasteiger partial charge in [0.1, 0.15) is 11.9 Å². The SMILES string of the molecule is CCNc1ncc([N+](=O)[O-])c(-c2ccn(C)n2)n1. The molecule has 0 amide bonds. The van der Waals surface area contributed by atoms with Crippen LogP contribution in [0.4, 0.5) is 11.6 Å². The molecular weight excluding hydrogens is 236 g/mol. The highest BCUT2D eigenvalue weighted by atomic mass is 16.6. The van der Waals surface area contributed by atoms with E-state index in [1.54, 1.807) is 24.0 Å². The van der Waals surface area contributed by atoms with Gasteiger partial charge in [0.2, 0.25) is 5.95 Å². The highest BCUT2D eigenvalue weighted by molar-refractivity contribution is 5.66. The number of nitrogens with zero attached hydrogens (tertiary/aromatic N) is 5. The fraction of sp³-hybridized carbons (Fsp3) is 0.300. The molecular formula is C10H12N6O2. The molecule has 2 aromatic heterocycles. The maximum Gasteiger partial charge on any atom is 0.315 e. The molecule has 2 heterocycles. The van der Waals surface area contributed by atoms with Gasteiger partial charge in [-0.2, -0.15) is 5.10 Å². The van der Waals surface area contributed by atoms with Gasteiger partial charge in [-0.25, -0.2) is 9.97 Å². The zero-order valence-corrected chi connectivity index (χ0v) is 9.99. The second-order valence-corrected chi connectivity index (χ2v) is 3.59. The number of rotatable bonds is 4. The summed E-state index contributed by atoms with van der Waals surface area (Å²) in [5.41, 5.74) is 0.507. The Labute approximate surface area is 103 Å². The minimum atomic E-state index is -0.514. The summed E-state index contributed by atoms with van der Waals surface area (Å²) in [6.45, 7) is 2.53. The van der Waals surface area contributed by atoms with Crippen LogP contribution in [-0.4, -0.2) is 31.2 Å². The van der Waals surface area contributed by atoms with E-state index in [9.17, 15) is 10.1 Å². The van der Waals surface area contributed by atoms with E-state index < -0.39 is 4.92 Å². The fourth-order valence-electron chi connectivity index (χ4n) is 1.48. The molecule has 0 fully saturated rings. The van der Waals surface area contributed by atoms with E-state index in [0.29, 0.717) is 18.2 Å². The number of hydrogen-bond donors (Lipinski definition) is 1. The Morgan fingerprint density at radius 2 is 2.33 bits per heavy atom. The average molecular weight is 248 g/mol. The summed E-state index contributed by atoms with van der Waals surface area (Å²) < 4.78 is 1.56. The molecule has 0 unspecified atom stereocenters. The Bertz CT molecular complexity index is 579. The van der Waals surface area contributed by atoms with Crippen molar-refractivity contribution in [1.29, 1.82) is 0 Å². The highest BCUT2D eigenvalue weighted by Gasteiger charge is 2.20. The van der Waals surface area contributed by atoms with Crippen molar-refractivity contribution in [3.05, 3.63) is 28.6 Å². The Balaban J connectivity index is 2.53. The first-order valence-corrected chi connectivity index (χ1v) is 5.37. The second kappa shape index (κ2) is 4.78. The zero-order chi connectivity index (χ0) is 13.1. The third-order valence-corrected chi connectivity index (χ3v) is 2.26. The van der Waals surface area contributed by atoms with E-state index in [1.165, 1.54) is 6.20 Å². The summed E-state index contributed by atoms with van der Waals surface area (Å²) in [6.07, 6.45) is 2.89. The number of nitrogens with one attached hydrogen (secondary N) is 1. The number of hydrogen-bond acceptors (Lipinski definition) is 6. The fourth-order valence-corrected chi connectivity index (χ4v) is 1.48. The third kappa shape index (κ3) is 2.26. The van der Waals surface area contributed by atoms with Gasteiger partial charge in [0.15, 0.2) is 5.69 Å². The first kappa shape index (κ1) is 12.0. The lowest BCUT2D eigenvalue weighted by molar-refractivity contribution is -0.384. The van der Waals surface area contributed by atoms with Crippen molar-refractivity contribution in [1.82, 2.24) is 19.7 Å². The molecule has 2 rings (SSSR count). The standard InChI is InChI=1S/C10H12N6O2/c1-3-11-10-12-6-8(16(17)18)9(13-10)7-4-5-15(2)14-7/h4-6H,3H2,1-2H3,(H,11,12,13).